The Bertz CT molecular complexity index is 871. The monoisotopic (exact) mass is 379 g/mol. The summed E-state index contributed by atoms with van der Waals surface area (Å²) in [4.78, 5) is 28.4. The average Bonchev–Trinajstić information content (AvgIpc) is 2.74. The first-order chi connectivity index (χ1) is 13.6. The van der Waals surface area contributed by atoms with E-state index in [1.807, 2.05) is 35.2 Å². The molecule has 0 radical (unpaired) electrons. The number of carbonyl (C=O) groups is 2. The summed E-state index contributed by atoms with van der Waals surface area (Å²) in [6, 6.07) is 13.9. The Morgan fingerprint density at radius 1 is 1.04 bits per heavy atom. The van der Waals surface area contributed by atoms with Crippen molar-refractivity contribution in [3.8, 4) is 5.75 Å². The van der Waals surface area contributed by atoms with E-state index in [0.717, 1.165) is 55.3 Å². The van der Waals surface area contributed by atoms with Crippen LogP contribution in [0.15, 0.2) is 42.5 Å². The van der Waals surface area contributed by atoms with Crippen LogP contribution in [0.4, 0.5) is 11.4 Å². The number of rotatable bonds is 4. The van der Waals surface area contributed by atoms with E-state index in [2.05, 4.69) is 22.3 Å². The van der Waals surface area contributed by atoms with Gasteiger partial charge in [0.25, 0.3) is 0 Å². The third-order valence-electron chi connectivity index (χ3n) is 5.50. The van der Waals surface area contributed by atoms with E-state index in [4.69, 9.17) is 4.74 Å². The summed E-state index contributed by atoms with van der Waals surface area (Å²) in [6.07, 6.45) is 1.75. The molecule has 0 unspecified atom stereocenters. The van der Waals surface area contributed by atoms with Crippen molar-refractivity contribution >= 4 is 23.2 Å². The van der Waals surface area contributed by atoms with Crippen molar-refractivity contribution in [1.82, 2.24) is 4.90 Å². The minimum absolute atomic E-state index is 0.0873. The molecule has 2 aromatic rings. The van der Waals surface area contributed by atoms with Crippen molar-refractivity contribution in [2.45, 2.75) is 19.3 Å². The third-order valence-corrected chi connectivity index (χ3v) is 5.50. The van der Waals surface area contributed by atoms with Crippen molar-refractivity contribution in [3.63, 3.8) is 0 Å². The first-order valence-electron chi connectivity index (χ1n) is 9.71. The summed E-state index contributed by atoms with van der Waals surface area (Å²) < 4.78 is 5.16. The smallest absolute Gasteiger partial charge is 0.227 e. The first kappa shape index (κ1) is 18.3. The van der Waals surface area contributed by atoms with Gasteiger partial charge in [-0.2, -0.15) is 0 Å². The zero-order chi connectivity index (χ0) is 19.5. The molecule has 2 aromatic carbocycles. The van der Waals surface area contributed by atoms with Crippen LogP contribution in [-0.4, -0.2) is 50.0 Å². The number of nitrogens with one attached hydrogen (secondary N) is 1. The Morgan fingerprint density at radius 3 is 2.50 bits per heavy atom. The molecule has 0 atom stereocenters. The predicted molar refractivity (Wildman–Crippen MR) is 109 cm³/mol. The Labute approximate surface area is 165 Å². The lowest BCUT2D eigenvalue weighted by molar-refractivity contribution is -0.130. The van der Waals surface area contributed by atoms with Gasteiger partial charge in [0.1, 0.15) is 5.75 Å². The molecule has 0 aromatic heterocycles. The largest absolute Gasteiger partial charge is 0.497 e. The fourth-order valence-corrected chi connectivity index (χ4v) is 3.81. The van der Waals surface area contributed by atoms with Crippen molar-refractivity contribution in [2.24, 2.45) is 0 Å². The van der Waals surface area contributed by atoms with Crippen molar-refractivity contribution in [3.05, 3.63) is 53.6 Å². The van der Waals surface area contributed by atoms with Gasteiger partial charge in [-0.15, -0.1) is 0 Å². The van der Waals surface area contributed by atoms with Crippen molar-refractivity contribution < 1.29 is 14.3 Å². The molecule has 1 fully saturated rings. The summed E-state index contributed by atoms with van der Waals surface area (Å²) in [5.74, 6) is 1.05. The maximum Gasteiger partial charge on any atom is 0.227 e. The molecule has 146 valence electrons. The van der Waals surface area contributed by atoms with Gasteiger partial charge >= 0.3 is 0 Å². The van der Waals surface area contributed by atoms with E-state index in [0.29, 0.717) is 12.8 Å². The second-order valence-electron chi connectivity index (χ2n) is 7.28. The van der Waals surface area contributed by atoms with Crippen LogP contribution in [0.2, 0.25) is 0 Å². The van der Waals surface area contributed by atoms with Gasteiger partial charge in [-0.05, 0) is 47.9 Å². The van der Waals surface area contributed by atoms with Crippen LogP contribution in [0.5, 0.6) is 5.75 Å². The van der Waals surface area contributed by atoms with Crippen LogP contribution >= 0.6 is 0 Å². The fourth-order valence-electron chi connectivity index (χ4n) is 3.81. The van der Waals surface area contributed by atoms with Crippen molar-refractivity contribution in [2.75, 3.05) is 43.5 Å². The molecular formula is C22H25N3O3. The van der Waals surface area contributed by atoms with E-state index < -0.39 is 0 Å². The number of piperazine rings is 1. The molecule has 6 heteroatoms. The summed E-state index contributed by atoms with van der Waals surface area (Å²) in [6.45, 7) is 3.09. The normalized spacial score (nSPS) is 16.4. The van der Waals surface area contributed by atoms with Gasteiger partial charge in [0.05, 0.1) is 13.5 Å². The molecule has 1 saturated heterocycles. The highest BCUT2D eigenvalue weighted by Gasteiger charge is 2.23. The number of aryl methyl sites for hydroxylation is 1. The number of carbonyl (C=O) groups excluding carboxylic acids is 2. The molecule has 6 nitrogen and oxygen atoms in total. The fraction of sp³-hybridized carbons (Fsp3) is 0.364. The van der Waals surface area contributed by atoms with Crippen LogP contribution in [-0.2, 0) is 22.4 Å². The minimum atomic E-state index is 0.0873. The maximum atomic E-state index is 12.6. The summed E-state index contributed by atoms with van der Waals surface area (Å²) in [5, 5.41) is 2.92. The lowest BCUT2D eigenvalue weighted by Gasteiger charge is -2.36. The number of nitrogens with zero attached hydrogens (tertiary/aromatic N) is 2. The SMILES string of the molecule is COc1ccc(CC(=O)N2CCN(c3ccc4c(c3)CCC(=O)N4)CC2)cc1. The molecule has 0 spiro atoms. The van der Waals surface area contributed by atoms with E-state index in [1.54, 1.807) is 7.11 Å². The van der Waals surface area contributed by atoms with Crippen LogP contribution < -0.4 is 15.0 Å². The van der Waals surface area contributed by atoms with Gasteiger partial charge in [0, 0.05) is 44.0 Å². The van der Waals surface area contributed by atoms with Crippen LogP contribution in [0.1, 0.15) is 17.5 Å². The van der Waals surface area contributed by atoms with Crippen LogP contribution in [0, 0.1) is 0 Å². The Kier molecular flexibility index (Phi) is 5.19. The van der Waals surface area contributed by atoms with Gasteiger partial charge in [0.15, 0.2) is 0 Å². The number of anilines is 2. The van der Waals surface area contributed by atoms with Gasteiger partial charge in [-0.25, -0.2) is 0 Å². The third kappa shape index (κ3) is 3.96. The summed E-state index contributed by atoms with van der Waals surface area (Å²) >= 11 is 0. The van der Waals surface area contributed by atoms with Crippen LogP contribution in [0.25, 0.3) is 0 Å². The number of hydrogen-bond acceptors (Lipinski definition) is 4. The quantitative estimate of drug-likeness (QED) is 0.887. The number of benzene rings is 2. The second kappa shape index (κ2) is 7.92. The lowest BCUT2D eigenvalue weighted by atomic mass is 10.0. The topological polar surface area (TPSA) is 61.9 Å². The molecular weight excluding hydrogens is 354 g/mol. The van der Waals surface area contributed by atoms with E-state index in [1.165, 1.54) is 5.56 Å². The number of amides is 2. The number of ether oxygens (including phenoxy) is 1. The highest BCUT2D eigenvalue weighted by Crippen LogP contribution is 2.28. The minimum Gasteiger partial charge on any atom is -0.497 e. The molecule has 0 aliphatic carbocycles. The number of fused-ring (bicyclic) bond motifs is 1. The molecule has 2 aliphatic rings. The number of methoxy groups -OCH3 is 1. The van der Waals surface area contributed by atoms with E-state index in [9.17, 15) is 9.59 Å². The molecule has 0 saturated carbocycles. The first-order valence-corrected chi connectivity index (χ1v) is 9.71. The van der Waals surface area contributed by atoms with Crippen molar-refractivity contribution in [1.29, 1.82) is 0 Å². The molecule has 0 bridgehead atoms. The lowest BCUT2D eigenvalue weighted by Crippen LogP contribution is -2.49. The second-order valence-corrected chi connectivity index (χ2v) is 7.28. The maximum absolute atomic E-state index is 12.6. The zero-order valence-electron chi connectivity index (χ0n) is 16.1. The number of hydrogen-bond donors (Lipinski definition) is 1. The zero-order valence-corrected chi connectivity index (χ0v) is 16.1. The summed E-state index contributed by atoms with van der Waals surface area (Å²) in [7, 11) is 1.64. The van der Waals surface area contributed by atoms with E-state index >= 15 is 0 Å². The Morgan fingerprint density at radius 2 is 1.79 bits per heavy atom. The molecule has 2 amide bonds. The van der Waals surface area contributed by atoms with Crippen LogP contribution in [0.3, 0.4) is 0 Å². The average molecular weight is 379 g/mol. The Balaban J connectivity index is 1.34. The van der Waals surface area contributed by atoms with Gasteiger partial charge in [-0.1, -0.05) is 12.1 Å². The van der Waals surface area contributed by atoms with Gasteiger partial charge < -0.3 is 19.9 Å². The molecule has 4 rings (SSSR count). The predicted octanol–water partition coefficient (Wildman–Crippen LogP) is 2.47. The molecule has 1 N–H and O–H groups in total. The molecule has 28 heavy (non-hydrogen) atoms. The van der Waals surface area contributed by atoms with E-state index in [-0.39, 0.29) is 11.8 Å². The highest BCUT2D eigenvalue weighted by atomic mass is 16.5. The molecule has 2 aliphatic heterocycles. The van der Waals surface area contributed by atoms with Gasteiger partial charge in [-0.3, -0.25) is 9.59 Å². The summed E-state index contributed by atoms with van der Waals surface area (Å²) in [5.41, 5.74) is 4.28. The standard InChI is InChI=1S/C22H25N3O3/c1-28-19-6-2-16(3-7-19)14-22(27)25-12-10-24(11-13-25)18-5-8-20-17(15-18)4-9-21(26)23-20/h2-3,5-8,15H,4,9-14H2,1H3,(H,23,26). The highest BCUT2D eigenvalue weighted by molar-refractivity contribution is 5.94. The van der Waals surface area contributed by atoms with Gasteiger partial charge in [0.2, 0.25) is 11.8 Å². The Hall–Kier alpha value is -3.02. The molecule has 2 heterocycles.